The smallest absolute Gasteiger partial charge is 0.290 e. The molecule has 2 heterocycles. The standard InChI is InChI=1S/C29H24N4O3/c34-27(21-32(19-22-11-4-1-5-12-22)28(35)26-17-10-18-36-26)31-29-30-25(23-13-6-2-7-14-23)20-33(29)24-15-8-3-9-16-24/h1-18,20H,19,21H2,(H,30,31,34). The highest BCUT2D eigenvalue weighted by atomic mass is 16.3. The van der Waals surface area contributed by atoms with Crippen LogP contribution in [-0.4, -0.2) is 32.8 Å². The first-order valence-electron chi connectivity index (χ1n) is 11.5. The molecule has 0 bridgehead atoms. The minimum Gasteiger partial charge on any atom is -0.459 e. The van der Waals surface area contributed by atoms with E-state index in [1.54, 1.807) is 12.1 Å². The van der Waals surface area contributed by atoms with E-state index in [4.69, 9.17) is 9.40 Å². The Morgan fingerprint density at radius 3 is 2.17 bits per heavy atom. The van der Waals surface area contributed by atoms with Crippen LogP contribution in [-0.2, 0) is 11.3 Å². The quantitative estimate of drug-likeness (QED) is 0.325. The Bertz CT molecular complexity index is 1430. The zero-order valence-electron chi connectivity index (χ0n) is 19.5. The van der Waals surface area contributed by atoms with E-state index in [2.05, 4.69) is 5.32 Å². The molecule has 178 valence electrons. The van der Waals surface area contributed by atoms with Crippen LogP contribution in [0.5, 0.6) is 0 Å². The third-order valence-electron chi connectivity index (χ3n) is 5.63. The second kappa shape index (κ2) is 10.6. The maximum absolute atomic E-state index is 13.2. The number of carbonyl (C=O) groups excluding carboxylic acids is 2. The van der Waals surface area contributed by atoms with Crippen molar-refractivity contribution >= 4 is 17.8 Å². The summed E-state index contributed by atoms with van der Waals surface area (Å²) in [6, 6.07) is 32.2. The van der Waals surface area contributed by atoms with Gasteiger partial charge in [-0.2, -0.15) is 0 Å². The van der Waals surface area contributed by atoms with Crippen molar-refractivity contribution in [3.05, 3.63) is 127 Å². The molecule has 0 aliphatic rings. The van der Waals surface area contributed by atoms with Gasteiger partial charge in [0.15, 0.2) is 5.76 Å². The first-order valence-corrected chi connectivity index (χ1v) is 11.5. The largest absolute Gasteiger partial charge is 0.459 e. The molecule has 2 aromatic heterocycles. The Morgan fingerprint density at radius 1 is 0.833 bits per heavy atom. The molecule has 5 aromatic rings. The summed E-state index contributed by atoms with van der Waals surface area (Å²) in [6.45, 7) is 0.0902. The van der Waals surface area contributed by atoms with Gasteiger partial charge in [0.25, 0.3) is 5.91 Å². The summed E-state index contributed by atoms with van der Waals surface area (Å²) in [7, 11) is 0. The van der Waals surface area contributed by atoms with Crippen LogP contribution in [0.4, 0.5) is 5.95 Å². The number of furan rings is 1. The maximum Gasteiger partial charge on any atom is 0.290 e. The normalized spacial score (nSPS) is 10.7. The molecular weight excluding hydrogens is 452 g/mol. The van der Waals surface area contributed by atoms with Gasteiger partial charge in [0.05, 0.1) is 12.0 Å². The van der Waals surface area contributed by atoms with Gasteiger partial charge in [0.2, 0.25) is 11.9 Å². The third-order valence-corrected chi connectivity index (χ3v) is 5.63. The summed E-state index contributed by atoms with van der Waals surface area (Å²) < 4.78 is 7.13. The molecule has 3 aromatic carbocycles. The number of hydrogen-bond donors (Lipinski definition) is 1. The van der Waals surface area contributed by atoms with Gasteiger partial charge in [0, 0.05) is 24.0 Å². The molecule has 0 aliphatic heterocycles. The Labute approximate surface area is 208 Å². The summed E-state index contributed by atoms with van der Waals surface area (Å²) >= 11 is 0. The monoisotopic (exact) mass is 476 g/mol. The lowest BCUT2D eigenvalue weighted by atomic mass is 10.2. The fourth-order valence-corrected chi connectivity index (χ4v) is 3.90. The van der Waals surface area contributed by atoms with Crippen LogP contribution < -0.4 is 5.32 Å². The van der Waals surface area contributed by atoms with Crippen LogP contribution in [0.3, 0.4) is 0 Å². The highest BCUT2D eigenvalue weighted by Gasteiger charge is 2.23. The van der Waals surface area contributed by atoms with Gasteiger partial charge in [0.1, 0.15) is 6.54 Å². The first-order chi connectivity index (χ1) is 17.7. The summed E-state index contributed by atoms with van der Waals surface area (Å²) in [5.41, 5.74) is 3.42. The van der Waals surface area contributed by atoms with Crippen LogP contribution in [0.1, 0.15) is 16.1 Å². The van der Waals surface area contributed by atoms with Crippen molar-refractivity contribution in [1.29, 1.82) is 0 Å². The van der Waals surface area contributed by atoms with Crippen molar-refractivity contribution in [2.75, 3.05) is 11.9 Å². The van der Waals surface area contributed by atoms with Gasteiger partial charge in [-0.1, -0.05) is 78.9 Å². The molecule has 0 saturated heterocycles. The molecule has 0 unspecified atom stereocenters. The molecule has 7 nitrogen and oxygen atoms in total. The highest BCUT2D eigenvalue weighted by molar-refractivity contribution is 5.97. The van der Waals surface area contributed by atoms with Crippen molar-refractivity contribution in [3.63, 3.8) is 0 Å². The van der Waals surface area contributed by atoms with E-state index in [0.717, 1.165) is 22.5 Å². The predicted molar refractivity (Wildman–Crippen MR) is 138 cm³/mol. The number of aromatic nitrogens is 2. The minimum absolute atomic E-state index is 0.170. The molecule has 0 radical (unpaired) electrons. The Balaban J connectivity index is 1.41. The van der Waals surface area contributed by atoms with Gasteiger partial charge in [-0.15, -0.1) is 0 Å². The highest BCUT2D eigenvalue weighted by Crippen LogP contribution is 2.24. The van der Waals surface area contributed by atoms with E-state index in [-0.39, 0.29) is 30.7 Å². The van der Waals surface area contributed by atoms with Gasteiger partial charge < -0.3 is 9.32 Å². The van der Waals surface area contributed by atoms with E-state index < -0.39 is 0 Å². The van der Waals surface area contributed by atoms with Crippen LogP contribution >= 0.6 is 0 Å². The van der Waals surface area contributed by atoms with Crippen molar-refractivity contribution < 1.29 is 14.0 Å². The molecule has 36 heavy (non-hydrogen) atoms. The fraction of sp³-hybridized carbons (Fsp3) is 0.0690. The Kier molecular flexibility index (Phi) is 6.71. The Morgan fingerprint density at radius 2 is 1.50 bits per heavy atom. The fourth-order valence-electron chi connectivity index (χ4n) is 3.90. The predicted octanol–water partition coefficient (Wildman–Crippen LogP) is 5.41. The number of hydrogen-bond acceptors (Lipinski definition) is 4. The first kappa shape index (κ1) is 22.9. The number of imidazole rings is 1. The molecule has 0 aliphatic carbocycles. The van der Waals surface area contributed by atoms with Gasteiger partial charge in [-0.25, -0.2) is 4.98 Å². The van der Waals surface area contributed by atoms with Crippen LogP contribution in [0.2, 0.25) is 0 Å². The number of rotatable bonds is 8. The lowest BCUT2D eigenvalue weighted by Crippen LogP contribution is -2.37. The molecule has 0 saturated carbocycles. The molecule has 1 N–H and O–H groups in total. The number of para-hydroxylation sites is 1. The number of nitrogens with one attached hydrogen (secondary N) is 1. The van der Waals surface area contributed by atoms with Gasteiger partial charge in [-0.3, -0.25) is 19.5 Å². The number of carbonyl (C=O) groups is 2. The lowest BCUT2D eigenvalue weighted by molar-refractivity contribution is -0.117. The van der Waals surface area contributed by atoms with Crippen LogP contribution in [0.15, 0.2) is 120 Å². The summed E-state index contributed by atoms with van der Waals surface area (Å²) in [5, 5.41) is 2.90. The van der Waals surface area contributed by atoms with Gasteiger partial charge in [-0.05, 0) is 29.8 Å². The second-order valence-corrected chi connectivity index (χ2v) is 8.19. The molecular formula is C29H24N4O3. The van der Waals surface area contributed by atoms with Crippen LogP contribution in [0, 0.1) is 0 Å². The minimum atomic E-state index is -0.367. The summed E-state index contributed by atoms with van der Waals surface area (Å²) in [5.74, 6) is -0.186. The number of nitrogens with zero attached hydrogens (tertiary/aromatic N) is 3. The zero-order chi connectivity index (χ0) is 24.7. The SMILES string of the molecule is O=C(CN(Cc1ccccc1)C(=O)c1ccco1)Nc1nc(-c2ccccc2)cn1-c1ccccc1. The molecule has 7 heteroatoms. The second-order valence-electron chi connectivity index (χ2n) is 8.19. The van der Waals surface area contributed by atoms with E-state index in [0.29, 0.717) is 5.95 Å². The summed E-state index contributed by atoms with van der Waals surface area (Å²) in [6.07, 6.45) is 3.33. The molecule has 0 atom stereocenters. The average molecular weight is 477 g/mol. The van der Waals surface area contributed by atoms with Crippen LogP contribution in [0.25, 0.3) is 16.9 Å². The maximum atomic E-state index is 13.2. The lowest BCUT2D eigenvalue weighted by Gasteiger charge is -2.21. The van der Waals surface area contributed by atoms with Crippen molar-refractivity contribution in [3.8, 4) is 16.9 Å². The number of amides is 2. The average Bonchev–Trinajstić information content (AvgIpc) is 3.60. The molecule has 5 rings (SSSR count). The van der Waals surface area contributed by atoms with E-state index >= 15 is 0 Å². The third kappa shape index (κ3) is 5.26. The number of benzene rings is 3. The van der Waals surface area contributed by atoms with Crippen molar-refractivity contribution in [2.45, 2.75) is 6.54 Å². The molecule has 2 amide bonds. The Hall–Kier alpha value is -4.91. The van der Waals surface area contributed by atoms with E-state index in [9.17, 15) is 9.59 Å². The van der Waals surface area contributed by atoms with E-state index in [1.807, 2.05) is 102 Å². The topological polar surface area (TPSA) is 80.4 Å². The molecule has 0 spiro atoms. The van der Waals surface area contributed by atoms with Crippen molar-refractivity contribution in [1.82, 2.24) is 14.5 Å². The number of anilines is 1. The van der Waals surface area contributed by atoms with E-state index in [1.165, 1.54) is 11.2 Å². The van der Waals surface area contributed by atoms with Crippen molar-refractivity contribution in [2.24, 2.45) is 0 Å². The molecule has 0 fully saturated rings. The van der Waals surface area contributed by atoms with Gasteiger partial charge >= 0.3 is 0 Å². The summed E-state index contributed by atoms with van der Waals surface area (Å²) in [4.78, 5) is 32.5. The zero-order valence-corrected chi connectivity index (χ0v) is 19.5.